The monoisotopic (exact) mass is 861 g/mol. The topological polar surface area (TPSA) is 231 Å². The van der Waals surface area contributed by atoms with Gasteiger partial charge < -0.3 is 64.2 Å². The van der Waals surface area contributed by atoms with Crippen molar-refractivity contribution >= 4 is 11.9 Å². The quantitative estimate of drug-likeness (QED) is 0.0261. The standard InChI is InChI=1S/C45H80O15/c1-3-5-7-9-11-12-13-14-15-16-17-18-19-20-22-23-25-27-36(47)55-30-33(58-37(48)28-26-24-21-10-8-6-4-2)31-56-44-43(54)41(52)39(50)35(60-44)32-57-45-42(53)40(51)38(49)34(29-46)59-45/h17-18,20,22,33-35,38-46,49-54H,3-16,19,21,23-32H2,1-2H3/b18-17+,22-20+/t33-,34+,35+,38-,39-,40?,41?,42?,43?,44+,45+/m0/s1. The van der Waals surface area contributed by atoms with E-state index in [1.54, 1.807) is 0 Å². The zero-order valence-corrected chi connectivity index (χ0v) is 36.4. The molecule has 2 saturated heterocycles. The summed E-state index contributed by atoms with van der Waals surface area (Å²) in [6, 6.07) is 0. The molecule has 2 rings (SSSR count). The molecule has 0 spiro atoms. The van der Waals surface area contributed by atoms with Crippen LogP contribution in [0.5, 0.6) is 0 Å². The van der Waals surface area contributed by atoms with Crippen molar-refractivity contribution in [3.63, 3.8) is 0 Å². The van der Waals surface area contributed by atoms with Gasteiger partial charge in [0.25, 0.3) is 0 Å². The number of ether oxygens (including phenoxy) is 6. The predicted molar refractivity (Wildman–Crippen MR) is 224 cm³/mol. The maximum Gasteiger partial charge on any atom is 0.306 e. The molecule has 2 aliphatic rings. The highest BCUT2D eigenvalue weighted by atomic mass is 16.7. The minimum Gasteiger partial charge on any atom is -0.462 e. The molecule has 0 bridgehead atoms. The smallest absolute Gasteiger partial charge is 0.306 e. The lowest BCUT2D eigenvalue weighted by atomic mass is 9.98. The Kier molecular flexibility index (Phi) is 30.2. The molecule has 350 valence electrons. The van der Waals surface area contributed by atoms with Crippen LogP contribution in [0.25, 0.3) is 0 Å². The maximum atomic E-state index is 12.8. The molecule has 4 unspecified atom stereocenters. The van der Waals surface area contributed by atoms with Crippen LogP contribution in [-0.4, -0.2) is 142 Å². The first-order valence-corrected chi connectivity index (χ1v) is 22.9. The van der Waals surface area contributed by atoms with Crippen LogP contribution in [0.1, 0.15) is 155 Å². The number of carbonyl (C=O) groups excluding carboxylic acids is 2. The normalized spacial score (nSPS) is 27.8. The van der Waals surface area contributed by atoms with Crippen molar-refractivity contribution in [1.82, 2.24) is 0 Å². The molecular formula is C45H80O15. The van der Waals surface area contributed by atoms with E-state index in [9.17, 15) is 45.3 Å². The van der Waals surface area contributed by atoms with Gasteiger partial charge in [0.15, 0.2) is 18.7 Å². The Morgan fingerprint density at radius 2 is 1.02 bits per heavy atom. The Hall–Kier alpha value is -2.02. The molecular weight excluding hydrogens is 780 g/mol. The molecule has 0 saturated carbocycles. The van der Waals surface area contributed by atoms with Gasteiger partial charge in [-0.25, -0.2) is 0 Å². The molecule has 0 aromatic carbocycles. The van der Waals surface area contributed by atoms with E-state index in [2.05, 4.69) is 32.1 Å². The number of hydrogen-bond acceptors (Lipinski definition) is 15. The van der Waals surface area contributed by atoms with Gasteiger partial charge >= 0.3 is 11.9 Å². The average Bonchev–Trinajstić information content (AvgIpc) is 3.24. The first-order chi connectivity index (χ1) is 29.0. The fraction of sp³-hybridized carbons (Fsp3) is 0.867. The predicted octanol–water partition coefficient (Wildman–Crippen LogP) is 4.82. The molecule has 11 atom stereocenters. The van der Waals surface area contributed by atoms with E-state index in [4.69, 9.17) is 28.4 Å². The van der Waals surface area contributed by atoms with Crippen molar-refractivity contribution in [3.05, 3.63) is 24.3 Å². The molecule has 60 heavy (non-hydrogen) atoms. The summed E-state index contributed by atoms with van der Waals surface area (Å²) in [7, 11) is 0. The number of hydrogen-bond donors (Lipinski definition) is 7. The van der Waals surface area contributed by atoms with Crippen LogP contribution in [0.2, 0.25) is 0 Å². The first-order valence-electron chi connectivity index (χ1n) is 22.9. The van der Waals surface area contributed by atoms with Crippen LogP contribution < -0.4 is 0 Å². The number of rotatable bonds is 34. The third-order valence-corrected chi connectivity index (χ3v) is 10.9. The van der Waals surface area contributed by atoms with Crippen molar-refractivity contribution in [2.75, 3.05) is 26.4 Å². The average molecular weight is 861 g/mol. The zero-order chi connectivity index (χ0) is 44.0. The Balaban J connectivity index is 1.82. The summed E-state index contributed by atoms with van der Waals surface area (Å²) in [6.45, 7) is 2.47. The van der Waals surface area contributed by atoms with Crippen molar-refractivity contribution in [2.45, 2.75) is 223 Å². The van der Waals surface area contributed by atoms with Crippen LogP contribution in [0.15, 0.2) is 24.3 Å². The number of carbonyl (C=O) groups is 2. The molecule has 15 heteroatoms. The van der Waals surface area contributed by atoms with Crippen molar-refractivity contribution < 1.29 is 73.8 Å². The molecule has 0 aromatic heterocycles. The molecule has 2 heterocycles. The number of unbranched alkanes of at least 4 members (excludes halogenated alkanes) is 16. The summed E-state index contributed by atoms with van der Waals surface area (Å²) in [5, 5.41) is 71.7. The van der Waals surface area contributed by atoms with Crippen LogP contribution in [0.4, 0.5) is 0 Å². The fourth-order valence-corrected chi connectivity index (χ4v) is 7.08. The number of esters is 2. The third-order valence-electron chi connectivity index (χ3n) is 10.9. The highest BCUT2D eigenvalue weighted by Crippen LogP contribution is 2.26. The van der Waals surface area contributed by atoms with Crippen LogP contribution in [0.3, 0.4) is 0 Å². The summed E-state index contributed by atoms with van der Waals surface area (Å²) < 4.78 is 33.3. The van der Waals surface area contributed by atoms with E-state index in [0.717, 1.165) is 44.9 Å². The Labute approximate surface area is 358 Å². The molecule has 0 radical (unpaired) electrons. The Bertz CT molecular complexity index is 1150. The highest BCUT2D eigenvalue weighted by Gasteiger charge is 2.47. The lowest BCUT2D eigenvalue weighted by Gasteiger charge is -2.42. The van der Waals surface area contributed by atoms with E-state index in [1.807, 2.05) is 6.08 Å². The second-order valence-electron chi connectivity index (χ2n) is 16.2. The van der Waals surface area contributed by atoms with E-state index >= 15 is 0 Å². The molecule has 0 aliphatic carbocycles. The second-order valence-corrected chi connectivity index (χ2v) is 16.2. The van der Waals surface area contributed by atoms with E-state index in [-0.39, 0.29) is 19.4 Å². The van der Waals surface area contributed by atoms with Gasteiger partial charge in [0.2, 0.25) is 0 Å². The highest BCUT2D eigenvalue weighted by molar-refractivity contribution is 5.70. The molecule has 2 fully saturated rings. The summed E-state index contributed by atoms with van der Waals surface area (Å²) >= 11 is 0. The van der Waals surface area contributed by atoms with Crippen molar-refractivity contribution in [3.8, 4) is 0 Å². The van der Waals surface area contributed by atoms with Gasteiger partial charge in [-0.1, -0.05) is 128 Å². The zero-order valence-electron chi connectivity index (χ0n) is 36.4. The van der Waals surface area contributed by atoms with Crippen molar-refractivity contribution in [2.24, 2.45) is 0 Å². The number of aliphatic hydroxyl groups excluding tert-OH is 7. The van der Waals surface area contributed by atoms with Gasteiger partial charge in [-0.05, 0) is 38.5 Å². The molecule has 15 nitrogen and oxygen atoms in total. The van der Waals surface area contributed by atoms with Gasteiger partial charge in [0, 0.05) is 12.8 Å². The molecule has 0 aromatic rings. The third kappa shape index (κ3) is 22.4. The minimum absolute atomic E-state index is 0.156. The summed E-state index contributed by atoms with van der Waals surface area (Å²) in [6.07, 6.45) is 14.1. The number of allylic oxidation sites excluding steroid dienone is 4. The van der Waals surface area contributed by atoms with Gasteiger partial charge in [0.1, 0.15) is 55.4 Å². The van der Waals surface area contributed by atoms with E-state index < -0.39 is 99.3 Å². The van der Waals surface area contributed by atoms with E-state index in [1.165, 1.54) is 64.2 Å². The summed E-state index contributed by atoms with van der Waals surface area (Å²) in [4.78, 5) is 25.5. The fourth-order valence-electron chi connectivity index (χ4n) is 7.08. The Morgan fingerprint density at radius 1 is 0.533 bits per heavy atom. The van der Waals surface area contributed by atoms with E-state index in [0.29, 0.717) is 19.3 Å². The number of aliphatic hydroxyl groups is 7. The maximum absolute atomic E-state index is 12.8. The van der Waals surface area contributed by atoms with Crippen LogP contribution >= 0.6 is 0 Å². The van der Waals surface area contributed by atoms with Gasteiger partial charge in [-0.3, -0.25) is 9.59 Å². The minimum atomic E-state index is -1.77. The van der Waals surface area contributed by atoms with Gasteiger partial charge in [-0.2, -0.15) is 0 Å². The lowest BCUT2D eigenvalue weighted by molar-refractivity contribution is -0.332. The van der Waals surface area contributed by atoms with Gasteiger partial charge in [0.05, 0.1) is 19.8 Å². The summed E-state index contributed by atoms with van der Waals surface area (Å²) in [5.41, 5.74) is 0. The first kappa shape index (κ1) is 54.1. The second kappa shape index (κ2) is 33.5. The lowest BCUT2D eigenvalue weighted by Crippen LogP contribution is -2.61. The van der Waals surface area contributed by atoms with Crippen LogP contribution in [-0.2, 0) is 38.0 Å². The molecule has 7 N–H and O–H groups in total. The summed E-state index contributed by atoms with van der Waals surface area (Å²) in [5.74, 6) is -0.984. The largest absolute Gasteiger partial charge is 0.462 e. The van der Waals surface area contributed by atoms with Crippen LogP contribution in [0, 0.1) is 0 Å². The molecule has 2 aliphatic heterocycles. The molecule has 0 amide bonds. The SMILES string of the molecule is CCCCCCCCCCC/C=C/C/C=C/CCCC(=O)OC[C@@H](CO[C@@H]1O[C@H](CO[C@@H]2O[C@H](CO)[C@H](O)C(O)C2O)[C@H](O)C(O)C1O)OC(=O)CCCCCCCCC. The van der Waals surface area contributed by atoms with Crippen molar-refractivity contribution in [1.29, 1.82) is 0 Å². The Morgan fingerprint density at radius 3 is 1.60 bits per heavy atom. The van der Waals surface area contributed by atoms with Gasteiger partial charge in [-0.15, -0.1) is 0 Å².